The molecule has 1 aromatic carbocycles. The number of benzene rings is 1. The summed E-state index contributed by atoms with van der Waals surface area (Å²) < 4.78 is 41.7. The number of allylic oxidation sites excluding steroid dienone is 2. The molecule has 1 aromatic heterocycles. The van der Waals surface area contributed by atoms with E-state index >= 15 is 0 Å². The topological polar surface area (TPSA) is 154 Å². The highest BCUT2D eigenvalue weighted by Gasteiger charge is 2.62. The Morgan fingerprint density at radius 2 is 1.88 bits per heavy atom. The normalized spacial score (nSPS) is 28.9. The molecule has 0 bridgehead atoms. The number of Topliss-reactive ketones (excluding diaryl/α,β-unsaturated/α-hetero) is 1. The summed E-state index contributed by atoms with van der Waals surface area (Å²) in [5.74, 6) is -2.16. The second-order valence-electron chi connectivity index (χ2n) is 16.2. The summed E-state index contributed by atoms with van der Waals surface area (Å²) >= 11 is 0. The number of fused-ring (bicyclic) bond motifs is 3. The molecule has 3 fully saturated rings. The number of ether oxygens (including phenoxy) is 2. The second kappa shape index (κ2) is 14.0. The Balaban J connectivity index is 1.29. The van der Waals surface area contributed by atoms with Crippen molar-refractivity contribution in [3.8, 4) is 5.75 Å². The first-order chi connectivity index (χ1) is 24.0. The van der Waals surface area contributed by atoms with Gasteiger partial charge in [-0.25, -0.2) is 13.4 Å². The first-order valence-electron chi connectivity index (χ1n) is 18.4. The fourth-order valence-corrected chi connectivity index (χ4v) is 8.89. The van der Waals surface area contributed by atoms with Crippen molar-refractivity contribution in [2.75, 3.05) is 6.54 Å². The van der Waals surface area contributed by atoms with Gasteiger partial charge in [0.1, 0.15) is 17.5 Å². The molecule has 5 atom stereocenters. The van der Waals surface area contributed by atoms with Crippen molar-refractivity contribution in [1.82, 2.24) is 19.2 Å². The van der Waals surface area contributed by atoms with Gasteiger partial charge in [-0.3, -0.25) is 23.9 Å². The first-order valence-corrected chi connectivity index (χ1v) is 19.9. The minimum atomic E-state index is -3.92. The molecular weight excluding hydrogens is 673 g/mol. The summed E-state index contributed by atoms with van der Waals surface area (Å²) in [4.78, 5) is 61.8. The largest absolute Gasteiger partial charge is 0.488 e. The third-order valence-electron chi connectivity index (χ3n) is 11.0. The van der Waals surface area contributed by atoms with E-state index < -0.39 is 55.7 Å². The van der Waals surface area contributed by atoms with Crippen molar-refractivity contribution in [3.05, 3.63) is 36.7 Å². The first kappa shape index (κ1) is 37.0. The molecule has 0 radical (unpaired) electrons. The number of aryl methyl sites for hydroxylation is 1. The van der Waals surface area contributed by atoms with Crippen LogP contribution in [-0.4, -0.2) is 75.5 Å². The van der Waals surface area contributed by atoms with Crippen LogP contribution in [0.4, 0.5) is 0 Å². The lowest BCUT2D eigenvalue weighted by Crippen LogP contribution is -2.47. The van der Waals surface area contributed by atoms with Crippen LogP contribution in [0.25, 0.3) is 11.0 Å². The molecule has 4 aliphatic rings. The Bertz CT molecular complexity index is 1820. The highest BCUT2D eigenvalue weighted by atomic mass is 32.2. The van der Waals surface area contributed by atoms with Gasteiger partial charge >= 0.3 is 5.97 Å². The molecule has 0 unspecified atom stereocenters. The number of sulfonamides is 1. The van der Waals surface area contributed by atoms with Gasteiger partial charge in [0.05, 0.1) is 46.5 Å². The molecule has 12 nitrogen and oxygen atoms in total. The number of nitrogens with one attached hydrogen (secondary N) is 1. The zero-order valence-electron chi connectivity index (χ0n) is 30.5. The standard InChI is InChI=1S/C38H52N4O8S/c1-6-41-24-39-29-15-14-27(19-30(29)41)49-28-20-31-32(43)22-38(35(46)40-51(47,48)37(5)16-17-37)21-26(38)13-11-9-7-8-10-12-25(34(45)42(31)23-28)18-33(44)50-36(2,3)4/h11,13-15,19,24-26,28,31H,6-10,12,16-18,20-23H2,1-5H3,(H,40,46)/b13-11-/t25-,26+,28-,31+,38-/m1/s1. The van der Waals surface area contributed by atoms with Crippen molar-refractivity contribution < 1.29 is 37.1 Å². The van der Waals surface area contributed by atoms with Crippen LogP contribution in [0.1, 0.15) is 105 Å². The Morgan fingerprint density at radius 3 is 2.59 bits per heavy atom. The van der Waals surface area contributed by atoms with Crippen LogP contribution in [0.2, 0.25) is 0 Å². The lowest BCUT2D eigenvalue weighted by Gasteiger charge is -2.29. The van der Waals surface area contributed by atoms with Crippen LogP contribution in [0.5, 0.6) is 5.75 Å². The van der Waals surface area contributed by atoms with Gasteiger partial charge in [0.25, 0.3) is 0 Å². The van der Waals surface area contributed by atoms with Crippen LogP contribution in [-0.2, 0) is 40.5 Å². The fourth-order valence-electron chi connectivity index (χ4n) is 7.56. The van der Waals surface area contributed by atoms with Crippen molar-refractivity contribution in [1.29, 1.82) is 0 Å². The number of ketones is 1. The molecule has 2 aliphatic carbocycles. The highest BCUT2D eigenvalue weighted by Crippen LogP contribution is 2.57. The maximum Gasteiger partial charge on any atom is 0.307 e. The van der Waals surface area contributed by atoms with E-state index in [2.05, 4.69) is 9.71 Å². The number of esters is 1. The maximum absolute atomic E-state index is 14.5. The maximum atomic E-state index is 14.5. The van der Waals surface area contributed by atoms with Crippen molar-refractivity contribution in [2.24, 2.45) is 17.3 Å². The van der Waals surface area contributed by atoms with Crippen molar-refractivity contribution in [3.63, 3.8) is 0 Å². The number of amides is 2. The van der Waals surface area contributed by atoms with Crippen LogP contribution in [0, 0.1) is 17.3 Å². The van der Waals surface area contributed by atoms with Gasteiger partial charge in [-0.2, -0.15) is 0 Å². The lowest BCUT2D eigenvalue weighted by atomic mass is 9.90. The molecule has 1 N–H and O–H groups in total. The van der Waals surface area contributed by atoms with Gasteiger partial charge in [0.15, 0.2) is 5.78 Å². The molecular formula is C38H52N4O8S. The number of rotatable bonds is 8. The van der Waals surface area contributed by atoms with Gasteiger partial charge < -0.3 is 18.9 Å². The average Bonchev–Trinajstić information content (AvgIpc) is 3.86. The van der Waals surface area contributed by atoms with Crippen molar-refractivity contribution >= 4 is 44.6 Å². The molecule has 3 heterocycles. The Morgan fingerprint density at radius 1 is 1.12 bits per heavy atom. The van der Waals surface area contributed by atoms with E-state index in [1.54, 1.807) is 34.0 Å². The predicted molar refractivity (Wildman–Crippen MR) is 191 cm³/mol. The van der Waals surface area contributed by atoms with E-state index in [1.165, 1.54) is 4.90 Å². The molecule has 2 amide bonds. The van der Waals surface area contributed by atoms with Crippen LogP contribution < -0.4 is 9.46 Å². The number of nitrogens with zero attached hydrogens (tertiary/aromatic N) is 3. The average molecular weight is 725 g/mol. The van der Waals surface area contributed by atoms with Crippen molar-refractivity contribution in [2.45, 2.75) is 134 Å². The highest BCUT2D eigenvalue weighted by molar-refractivity contribution is 7.91. The molecule has 1 saturated heterocycles. The molecule has 13 heteroatoms. The summed E-state index contributed by atoms with van der Waals surface area (Å²) in [6.07, 6.45) is 10.00. The van der Waals surface area contributed by atoms with Gasteiger partial charge in [0, 0.05) is 31.4 Å². The summed E-state index contributed by atoms with van der Waals surface area (Å²) in [7, 11) is -3.92. The number of imidazole rings is 1. The number of hydrogen-bond acceptors (Lipinski definition) is 9. The Hall–Kier alpha value is -3.74. The van der Waals surface area contributed by atoms with Gasteiger partial charge in [-0.15, -0.1) is 0 Å². The zero-order chi connectivity index (χ0) is 36.8. The van der Waals surface area contributed by atoms with Gasteiger partial charge in [-0.05, 0) is 91.2 Å². The summed E-state index contributed by atoms with van der Waals surface area (Å²) in [5.41, 5.74) is -0.207. The summed E-state index contributed by atoms with van der Waals surface area (Å²) in [6.45, 7) is 9.85. The number of carbonyl (C=O) groups excluding carboxylic acids is 4. The molecule has 2 saturated carbocycles. The summed E-state index contributed by atoms with van der Waals surface area (Å²) in [5, 5.41) is 0. The van der Waals surface area contributed by atoms with Crippen LogP contribution in [0.3, 0.4) is 0 Å². The van der Waals surface area contributed by atoms with E-state index in [0.29, 0.717) is 31.4 Å². The zero-order valence-corrected chi connectivity index (χ0v) is 31.3. The molecule has 0 spiro atoms. The van der Waals surface area contributed by atoms with E-state index in [9.17, 15) is 27.6 Å². The van der Waals surface area contributed by atoms with Gasteiger partial charge in [-0.1, -0.05) is 25.0 Å². The van der Waals surface area contributed by atoms with Crippen LogP contribution in [0.15, 0.2) is 36.7 Å². The quantitative estimate of drug-likeness (QED) is 0.285. The minimum Gasteiger partial charge on any atom is -0.488 e. The van der Waals surface area contributed by atoms with E-state index in [0.717, 1.165) is 43.3 Å². The third-order valence-corrected chi connectivity index (χ3v) is 13.2. The monoisotopic (exact) mass is 724 g/mol. The molecule has 278 valence electrons. The second-order valence-corrected chi connectivity index (χ2v) is 18.4. The number of hydrogen-bond donors (Lipinski definition) is 1. The number of aromatic nitrogens is 2. The Labute approximate surface area is 300 Å². The molecule has 51 heavy (non-hydrogen) atoms. The van der Waals surface area contributed by atoms with Crippen LogP contribution >= 0.6 is 0 Å². The van der Waals surface area contributed by atoms with Gasteiger partial charge in [0.2, 0.25) is 21.8 Å². The lowest BCUT2D eigenvalue weighted by molar-refractivity contribution is -0.159. The minimum absolute atomic E-state index is 0.109. The van der Waals surface area contributed by atoms with E-state index in [4.69, 9.17) is 9.47 Å². The molecule has 6 rings (SSSR count). The number of carbonyl (C=O) groups is 4. The van der Waals surface area contributed by atoms with E-state index in [-0.39, 0.29) is 43.4 Å². The Kier molecular flexibility index (Phi) is 10.2. The predicted octanol–water partition coefficient (Wildman–Crippen LogP) is 5.24. The SMILES string of the molecule is CCn1cnc2ccc(O[C@@H]3C[C@H]4C(=O)C[C@]5(C(=O)NS(=O)(=O)C6(C)CC6)C[C@@H]5/C=C\CCCCC[C@H](CC(=O)OC(C)(C)C)C(=O)N4C3)cc21. The van der Waals surface area contributed by atoms with E-state index in [1.807, 2.05) is 41.8 Å². The molecule has 2 aliphatic heterocycles. The molecule has 2 aromatic rings. The smallest absolute Gasteiger partial charge is 0.307 e. The fraction of sp³-hybridized carbons (Fsp3) is 0.658. The third kappa shape index (κ3) is 8.03. The summed E-state index contributed by atoms with van der Waals surface area (Å²) in [6, 6.07) is 4.68.